The molecule has 0 aromatic heterocycles. The summed E-state index contributed by atoms with van der Waals surface area (Å²) in [5.41, 5.74) is 3.67. The molecule has 1 aromatic carbocycles. The summed E-state index contributed by atoms with van der Waals surface area (Å²) in [5.74, 6) is 0.731. The SMILES string of the molecule is CC1CCC(NCC2(C)CCCCC2)c2ccccc21. The lowest BCUT2D eigenvalue weighted by atomic mass is 9.75. The third-order valence-electron chi connectivity index (χ3n) is 5.63. The monoisotopic (exact) mass is 271 g/mol. The van der Waals surface area contributed by atoms with E-state index in [1.54, 1.807) is 11.1 Å². The molecule has 3 rings (SSSR count). The second-order valence-electron chi connectivity index (χ2n) is 7.41. The van der Waals surface area contributed by atoms with E-state index in [2.05, 4.69) is 43.4 Å². The number of hydrogen-bond donors (Lipinski definition) is 1. The molecule has 0 radical (unpaired) electrons. The number of hydrogen-bond acceptors (Lipinski definition) is 1. The molecule has 0 aliphatic heterocycles. The Balaban J connectivity index is 1.68. The highest BCUT2D eigenvalue weighted by Gasteiger charge is 2.29. The Morgan fingerprint density at radius 2 is 1.75 bits per heavy atom. The summed E-state index contributed by atoms with van der Waals surface area (Å²) in [5, 5.41) is 3.91. The van der Waals surface area contributed by atoms with Crippen molar-refractivity contribution in [2.75, 3.05) is 6.54 Å². The Bertz CT molecular complexity index is 445. The van der Waals surface area contributed by atoms with Gasteiger partial charge in [-0.3, -0.25) is 0 Å². The topological polar surface area (TPSA) is 12.0 Å². The van der Waals surface area contributed by atoms with Gasteiger partial charge in [0.15, 0.2) is 0 Å². The van der Waals surface area contributed by atoms with Crippen LogP contribution in [0.15, 0.2) is 24.3 Å². The van der Waals surface area contributed by atoms with Gasteiger partial charge in [0, 0.05) is 12.6 Å². The quantitative estimate of drug-likeness (QED) is 0.798. The van der Waals surface area contributed by atoms with Crippen LogP contribution in [0, 0.1) is 5.41 Å². The summed E-state index contributed by atoms with van der Waals surface area (Å²) in [6.07, 6.45) is 9.74. The molecule has 1 N–H and O–H groups in total. The minimum Gasteiger partial charge on any atom is -0.309 e. The first-order valence-electron chi connectivity index (χ1n) is 8.50. The smallest absolute Gasteiger partial charge is 0.0323 e. The zero-order valence-corrected chi connectivity index (χ0v) is 13.1. The summed E-state index contributed by atoms with van der Waals surface area (Å²) in [6.45, 7) is 6.05. The molecule has 1 aromatic rings. The van der Waals surface area contributed by atoms with Crippen molar-refractivity contribution in [1.29, 1.82) is 0 Å². The fourth-order valence-corrected chi connectivity index (χ4v) is 4.17. The van der Waals surface area contributed by atoms with Gasteiger partial charge < -0.3 is 5.32 Å². The van der Waals surface area contributed by atoms with Crippen molar-refractivity contribution in [2.45, 2.75) is 70.8 Å². The first-order valence-corrected chi connectivity index (χ1v) is 8.50. The van der Waals surface area contributed by atoms with Crippen LogP contribution in [0.3, 0.4) is 0 Å². The van der Waals surface area contributed by atoms with E-state index in [1.165, 1.54) is 51.5 Å². The Morgan fingerprint density at radius 3 is 2.50 bits per heavy atom. The molecule has 0 saturated heterocycles. The second kappa shape index (κ2) is 5.89. The van der Waals surface area contributed by atoms with Crippen LogP contribution < -0.4 is 5.32 Å². The van der Waals surface area contributed by atoms with Crippen LogP contribution in [0.5, 0.6) is 0 Å². The third kappa shape index (κ3) is 2.93. The van der Waals surface area contributed by atoms with Crippen molar-refractivity contribution >= 4 is 0 Å². The van der Waals surface area contributed by atoms with Crippen molar-refractivity contribution < 1.29 is 0 Å². The summed E-state index contributed by atoms with van der Waals surface area (Å²) in [7, 11) is 0. The van der Waals surface area contributed by atoms with Gasteiger partial charge >= 0.3 is 0 Å². The van der Waals surface area contributed by atoms with E-state index in [9.17, 15) is 0 Å². The van der Waals surface area contributed by atoms with Crippen molar-refractivity contribution in [3.63, 3.8) is 0 Å². The normalized spacial score (nSPS) is 28.9. The molecule has 2 unspecified atom stereocenters. The Labute approximate surface area is 124 Å². The molecule has 2 aliphatic rings. The zero-order valence-electron chi connectivity index (χ0n) is 13.1. The van der Waals surface area contributed by atoms with E-state index in [1.807, 2.05) is 0 Å². The summed E-state index contributed by atoms with van der Waals surface area (Å²) in [4.78, 5) is 0. The van der Waals surface area contributed by atoms with Crippen molar-refractivity contribution in [3.8, 4) is 0 Å². The van der Waals surface area contributed by atoms with Gasteiger partial charge in [0.2, 0.25) is 0 Å². The van der Waals surface area contributed by atoms with E-state index in [0.29, 0.717) is 11.5 Å². The predicted molar refractivity (Wildman–Crippen MR) is 86.0 cm³/mol. The highest BCUT2D eigenvalue weighted by atomic mass is 14.9. The van der Waals surface area contributed by atoms with E-state index in [0.717, 1.165) is 5.92 Å². The standard InChI is InChI=1S/C19H29N/c1-15-10-11-18(17-9-5-4-8-16(15)17)20-14-19(2)12-6-3-7-13-19/h4-5,8-9,15,18,20H,3,6-7,10-14H2,1-2H3. The van der Waals surface area contributed by atoms with Crippen LogP contribution in [0.4, 0.5) is 0 Å². The average Bonchev–Trinajstić information content (AvgIpc) is 2.48. The van der Waals surface area contributed by atoms with Crippen molar-refractivity contribution in [2.24, 2.45) is 5.41 Å². The highest BCUT2D eigenvalue weighted by molar-refractivity contribution is 5.34. The van der Waals surface area contributed by atoms with Crippen molar-refractivity contribution in [1.82, 2.24) is 5.32 Å². The Kier molecular flexibility index (Phi) is 4.16. The first-order chi connectivity index (χ1) is 9.68. The Morgan fingerprint density at radius 1 is 1.05 bits per heavy atom. The summed E-state index contributed by atoms with van der Waals surface area (Å²) in [6, 6.07) is 9.65. The van der Waals surface area contributed by atoms with E-state index >= 15 is 0 Å². The van der Waals surface area contributed by atoms with Gasteiger partial charge in [0.25, 0.3) is 0 Å². The molecule has 1 heteroatoms. The van der Waals surface area contributed by atoms with Crippen LogP contribution in [0.1, 0.15) is 81.9 Å². The summed E-state index contributed by atoms with van der Waals surface area (Å²) >= 11 is 0. The zero-order chi connectivity index (χ0) is 14.0. The van der Waals surface area contributed by atoms with Gasteiger partial charge in [-0.25, -0.2) is 0 Å². The number of fused-ring (bicyclic) bond motifs is 1. The molecule has 1 fully saturated rings. The number of rotatable bonds is 3. The molecule has 110 valence electrons. The molecular formula is C19H29N. The highest BCUT2D eigenvalue weighted by Crippen LogP contribution is 2.39. The first kappa shape index (κ1) is 14.1. The molecule has 0 heterocycles. The average molecular weight is 271 g/mol. The molecule has 0 spiro atoms. The van der Waals surface area contributed by atoms with Gasteiger partial charge in [0.05, 0.1) is 0 Å². The molecule has 2 atom stereocenters. The van der Waals surface area contributed by atoms with E-state index < -0.39 is 0 Å². The molecule has 0 amide bonds. The second-order valence-corrected chi connectivity index (χ2v) is 7.41. The van der Waals surface area contributed by atoms with E-state index in [4.69, 9.17) is 0 Å². The maximum atomic E-state index is 3.91. The lowest BCUT2D eigenvalue weighted by Crippen LogP contribution is -2.37. The van der Waals surface area contributed by atoms with E-state index in [-0.39, 0.29) is 0 Å². The summed E-state index contributed by atoms with van der Waals surface area (Å²) < 4.78 is 0. The molecule has 1 nitrogen and oxygen atoms in total. The van der Waals surface area contributed by atoms with Gasteiger partial charge in [0.1, 0.15) is 0 Å². The predicted octanol–water partition coefficient (Wildman–Crippen LogP) is 5.19. The van der Waals surface area contributed by atoms with Gasteiger partial charge in [-0.1, -0.05) is 57.4 Å². The van der Waals surface area contributed by atoms with Crippen LogP contribution in [-0.4, -0.2) is 6.54 Å². The lowest BCUT2D eigenvalue weighted by molar-refractivity contribution is 0.197. The molecule has 1 saturated carbocycles. The lowest BCUT2D eigenvalue weighted by Gasteiger charge is -2.37. The molecule has 2 aliphatic carbocycles. The third-order valence-corrected chi connectivity index (χ3v) is 5.63. The van der Waals surface area contributed by atoms with Gasteiger partial charge in [-0.15, -0.1) is 0 Å². The minimum absolute atomic E-state index is 0.538. The molecular weight excluding hydrogens is 242 g/mol. The fourth-order valence-electron chi connectivity index (χ4n) is 4.17. The van der Waals surface area contributed by atoms with Crippen LogP contribution in [-0.2, 0) is 0 Å². The van der Waals surface area contributed by atoms with Crippen molar-refractivity contribution in [3.05, 3.63) is 35.4 Å². The fraction of sp³-hybridized carbons (Fsp3) is 0.684. The maximum absolute atomic E-state index is 3.91. The van der Waals surface area contributed by atoms with Crippen LogP contribution in [0.2, 0.25) is 0 Å². The molecule has 20 heavy (non-hydrogen) atoms. The van der Waals surface area contributed by atoms with Crippen LogP contribution >= 0.6 is 0 Å². The van der Waals surface area contributed by atoms with Gasteiger partial charge in [-0.05, 0) is 48.1 Å². The largest absolute Gasteiger partial charge is 0.309 e. The van der Waals surface area contributed by atoms with Gasteiger partial charge in [-0.2, -0.15) is 0 Å². The van der Waals surface area contributed by atoms with Crippen LogP contribution in [0.25, 0.3) is 0 Å². The maximum Gasteiger partial charge on any atom is 0.0323 e. The minimum atomic E-state index is 0.538. The Hall–Kier alpha value is -0.820. The molecule has 0 bridgehead atoms. The number of benzene rings is 1. The number of nitrogens with one attached hydrogen (secondary N) is 1.